The third-order valence-electron chi connectivity index (χ3n) is 4.17. The second-order valence-electron chi connectivity index (χ2n) is 6.04. The van der Waals surface area contributed by atoms with Gasteiger partial charge in [0.25, 0.3) is 0 Å². The van der Waals surface area contributed by atoms with Crippen molar-refractivity contribution in [3.63, 3.8) is 0 Å². The number of hydrogen-bond donors (Lipinski definition) is 1. The molecule has 2 amide bonds. The number of amides is 2. The molecule has 0 radical (unpaired) electrons. The number of anilines is 1. The van der Waals surface area contributed by atoms with Gasteiger partial charge in [-0.2, -0.15) is 5.10 Å². The number of carbonyl (C=O) groups excluding carboxylic acids is 2. The summed E-state index contributed by atoms with van der Waals surface area (Å²) in [5.41, 5.74) is 2.00. The molecule has 3 rings (SSSR count). The van der Waals surface area contributed by atoms with Gasteiger partial charge in [-0.15, -0.1) is 0 Å². The molecule has 1 N–H and O–H groups in total. The summed E-state index contributed by atoms with van der Waals surface area (Å²) in [6.07, 6.45) is 4.18. The third kappa shape index (κ3) is 3.79. The summed E-state index contributed by atoms with van der Waals surface area (Å²) in [4.78, 5) is 30.0. The molecule has 0 bridgehead atoms. The summed E-state index contributed by atoms with van der Waals surface area (Å²) < 4.78 is 1.73. The molecular weight excluding hydrogens is 306 g/mol. The highest BCUT2D eigenvalue weighted by Crippen LogP contribution is 2.25. The van der Waals surface area contributed by atoms with E-state index in [9.17, 15) is 9.59 Å². The van der Waals surface area contributed by atoms with Crippen LogP contribution in [0.4, 0.5) is 5.69 Å². The lowest BCUT2D eigenvalue weighted by molar-refractivity contribution is -0.126. The van der Waals surface area contributed by atoms with Crippen LogP contribution < -0.4 is 10.2 Å². The molecule has 1 aliphatic rings. The van der Waals surface area contributed by atoms with Crippen molar-refractivity contribution in [1.82, 2.24) is 20.1 Å². The minimum atomic E-state index is -0.287. The predicted molar refractivity (Wildman–Crippen MR) is 89.3 cm³/mol. The summed E-state index contributed by atoms with van der Waals surface area (Å²) in [5.74, 6) is -0.344. The molecule has 0 spiro atoms. The van der Waals surface area contributed by atoms with Crippen molar-refractivity contribution in [3.05, 3.63) is 42.5 Å². The van der Waals surface area contributed by atoms with E-state index in [4.69, 9.17) is 0 Å². The van der Waals surface area contributed by atoms with Crippen molar-refractivity contribution in [2.24, 2.45) is 5.92 Å². The van der Waals surface area contributed by atoms with Crippen LogP contribution >= 0.6 is 0 Å². The molecule has 1 fully saturated rings. The minimum absolute atomic E-state index is 0.00150. The van der Waals surface area contributed by atoms with Gasteiger partial charge in [-0.05, 0) is 25.5 Å². The molecule has 1 aromatic carbocycles. The van der Waals surface area contributed by atoms with Gasteiger partial charge in [0.1, 0.15) is 12.7 Å². The molecule has 0 saturated carbocycles. The van der Waals surface area contributed by atoms with Crippen LogP contribution in [0.5, 0.6) is 0 Å². The highest BCUT2D eigenvalue weighted by atomic mass is 16.2. The summed E-state index contributed by atoms with van der Waals surface area (Å²) in [7, 11) is 0. The van der Waals surface area contributed by atoms with Crippen LogP contribution in [0.3, 0.4) is 0 Å². The van der Waals surface area contributed by atoms with Gasteiger partial charge in [0.05, 0.1) is 5.92 Å². The van der Waals surface area contributed by atoms with E-state index in [0.717, 1.165) is 17.7 Å². The predicted octanol–water partition coefficient (Wildman–Crippen LogP) is 1.15. The molecule has 2 heterocycles. The van der Waals surface area contributed by atoms with Gasteiger partial charge in [0, 0.05) is 31.7 Å². The van der Waals surface area contributed by atoms with Gasteiger partial charge < -0.3 is 10.2 Å². The fourth-order valence-corrected chi connectivity index (χ4v) is 2.80. The molecule has 1 atom stereocenters. The molecule has 7 heteroatoms. The molecule has 126 valence electrons. The molecule has 1 aromatic heterocycles. The van der Waals surface area contributed by atoms with Gasteiger partial charge in [-0.1, -0.05) is 17.7 Å². The lowest BCUT2D eigenvalue weighted by Crippen LogP contribution is -2.33. The Bertz CT molecular complexity index is 696. The van der Waals surface area contributed by atoms with E-state index in [1.54, 1.807) is 15.9 Å². The highest BCUT2D eigenvalue weighted by molar-refractivity contribution is 6.00. The molecule has 2 aromatic rings. The Hall–Kier alpha value is -2.70. The van der Waals surface area contributed by atoms with Crippen LogP contribution in [0.2, 0.25) is 0 Å². The monoisotopic (exact) mass is 327 g/mol. The van der Waals surface area contributed by atoms with Crippen LogP contribution in [0.25, 0.3) is 0 Å². The number of nitrogens with zero attached hydrogens (tertiary/aromatic N) is 4. The molecule has 0 aliphatic carbocycles. The number of nitrogens with one attached hydrogen (secondary N) is 1. The molecular formula is C17H21N5O2. The number of aryl methyl sites for hydroxylation is 2. The van der Waals surface area contributed by atoms with E-state index in [-0.39, 0.29) is 24.2 Å². The lowest BCUT2D eigenvalue weighted by atomic mass is 10.1. The first-order valence-electron chi connectivity index (χ1n) is 8.10. The fraction of sp³-hybridized carbons (Fsp3) is 0.412. The Labute approximate surface area is 140 Å². The molecule has 1 aliphatic heterocycles. The second kappa shape index (κ2) is 7.25. The molecule has 24 heavy (non-hydrogen) atoms. The maximum absolute atomic E-state index is 12.3. The Kier molecular flexibility index (Phi) is 4.88. The fourth-order valence-electron chi connectivity index (χ4n) is 2.80. The van der Waals surface area contributed by atoms with E-state index in [2.05, 4.69) is 15.4 Å². The molecule has 1 saturated heterocycles. The third-order valence-corrected chi connectivity index (χ3v) is 4.17. The maximum Gasteiger partial charge on any atom is 0.227 e. The summed E-state index contributed by atoms with van der Waals surface area (Å²) >= 11 is 0. The lowest BCUT2D eigenvalue weighted by Gasteiger charge is -2.17. The quantitative estimate of drug-likeness (QED) is 0.807. The van der Waals surface area contributed by atoms with E-state index in [1.807, 2.05) is 31.2 Å². The van der Waals surface area contributed by atoms with Crippen molar-refractivity contribution in [1.29, 1.82) is 0 Å². The maximum atomic E-state index is 12.3. The number of rotatable bonds is 6. The zero-order valence-electron chi connectivity index (χ0n) is 13.7. The van der Waals surface area contributed by atoms with Crippen LogP contribution in [0, 0.1) is 12.8 Å². The van der Waals surface area contributed by atoms with Crippen molar-refractivity contribution in [3.8, 4) is 0 Å². The number of carbonyl (C=O) groups is 2. The summed E-state index contributed by atoms with van der Waals surface area (Å²) in [6, 6.07) is 7.79. The van der Waals surface area contributed by atoms with Gasteiger partial charge in [-0.25, -0.2) is 4.98 Å². The van der Waals surface area contributed by atoms with Crippen molar-refractivity contribution in [2.75, 3.05) is 18.0 Å². The van der Waals surface area contributed by atoms with Crippen LogP contribution in [-0.2, 0) is 16.1 Å². The van der Waals surface area contributed by atoms with Gasteiger partial charge >= 0.3 is 0 Å². The Morgan fingerprint density at radius 3 is 2.83 bits per heavy atom. The SMILES string of the molecule is Cc1ccc(N2CC(C(=O)NCCCn3cncn3)CC2=O)cc1. The van der Waals surface area contributed by atoms with E-state index in [1.165, 1.54) is 6.33 Å². The van der Waals surface area contributed by atoms with Crippen molar-refractivity contribution >= 4 is 17.5 Å². The Balaban J connectivity index is 1.47. The molecule has 7 nitrogen and oxygen atoms in total. The van der Waals surface area contributed by atoms with Crippen LogP contribution in [0.15, 0.2) is 36.9 Å². The average Bonchev–Trinajstić information content (AvgIpc) is 3.22. The van der Waals surface area contributed by atoms with E-state index < -0.39 is 0 Å². The second-order valence-corrected chi connectivity index (χ2v) is 6.04. The van der Waals surface area contributed by atoms with Crippen LogP contribution in [-0.4, -0.2) is 39.7 Å². The van der Waals surface area contributed by atoms with Gasteiger partial charge in [-0.3, -0.25) is 14.3 Å². The average molecular weight is 327 g/mol. The first-order valence-corrected chi connectivity index (χ1v) is 8.10. The van der Waals surface area contributed by atoms with Crippen molar-refractivity contribution < 1.29 is 9.59 Å². The summed E-state index contributed by atoms with van der Waals surface area (Å²) in [5, 5.41) is 6.92. The van der Waals surface area contributed by atoms with Crippen molar-refractivity contribution in [2.45, 2.75) is 26.3 Å². The zero-order valence-corrected chi connectivity index (χ0v) is 13.7. The smallest absolute Gasteiger partial charge is 0.227 e. The number of benzene rings is 1. The summed E-state index contributed by atoms with van der Waals surface area (Å²) in [6.45, 7) is 3.72. The van der Waals surface area contributed by atoms with Crippen LogP contribution in [0.1, 0.15) is 18.4 Å². The van der Waals surface area contributed by atoms with E-state index >= 15 is 0 Å². The Morgan fingerprint density at radius 1 is 1.33 bits per heavy atom. The minimum Gasteiger partial charge on any atom is -0.356 e. The largest absolute Gasteiger partial charge is 0.356 e. The number of hydrogen-bond acceptors (Lipinski definition) is 4. The first kappa shape index (κ1) is 16.2. The number of aromatic nitrogens is 3. The highest BCUT2D eigenvalue weighted by Gasteiger charge is 2.34. The molecule has 1 unspecified atom stereocenters. The Morgan fingerprint density at radius 2 is 2.12 bits per heavy atom. The topological polar surface area (TPSA) is 80.1 Å². The van der Waals surface area contributed by atoms with Gasteiger partial charge in [0.15, 0.2) is 0 Å². The normalized spacial score (nSPS) is 17.3. The first-order chi connectivity index (χ1) is 11.6. The zero-order chi connectivity index (χ0) is 16.9. The van der Waals surface area contributed by atoms with Gasteiger partial charge in [0.2, 0.25) is 11.8 Å². The van der Waals surface area contributed by atoms with E-state index in [0.29, 0.717) is 19.6 Å². The standard InChI is InChI=1S/C17H21N5O2/c1-13-3-5-15(6-4-13)22-10-14(9-16(22)23)17(24)19-7-2-8-21-12-18-11-20-21/h3-6,11-12,14H,2,7-10H2,1H3,(H,19,24).